The Labute approximate surface area is 156 Å². The van der Waals surface area contributed by atoms with Crippen molar-refractivity contribution in [3.8, 4) is 0 Å². The Morgan fingerprint density at radius 2 is 1.96 bits per heavy atom. The van der Waals surface area contributed by atoms with Crippen LogP contribution in [0.1, 0.15) is 21.9 Å². The third-order valence-electron chi connectivity index (χ3n) is 3.92. The molecular formula is C20H21FN2O2S. The van der Waals surface area contributed by atoms with E-state index >= 15 is 0 Å². The van der Waals surface area contributed by atoms with Crippen molar-refractivity contribution in [1.82, 2.24) is 4.90 Å². The summed E-state index contributed by atoms with van der Waals surface area (Å²) in [5, 5.41) is 2.80. The Bertz CT molecular complexity index is 828. The lowest BCUT2D eigenvalue weighted by Gasteiger charge is -2.20. The molecular weight excluding hydrogens is 351 g/mol. The van der Waals surface area contributed by atoms with Gasteiger partial charge < -0.3 is 9.73 Å². The van der Waals surface area contributed by atoms with E-state index in [-0.39, 0.29) is 11.7 Å². The molecule has 4 nitrogen and oxygen atoms in total. The number of thiophene rings is 1. The van der Waals surface area contributed by atoms with Gasteiger partial charge in [0.1, 0.15) is 11.6 Å². The number of carbonyl (C=O) groups excluding carboxylic acids is 1. The fourth-order valence-electron chi connectivity index (χ4n) is 2.64. The van der Waals surface area contributed by atoms with Crippen LogP contribution in [0.4, 0.5) is 10.1 Å². The first-order chi connectivity index (χ1) is 12.6. The number of hydrogen-bond acceptors (Lipinski definition) is 4. The highest BCUT2D eigenvalue weighted by Gasteiger charge is 2.13. The van der Waals surface area contributed by atoms with Gasteiger partial charge in [0.2, 0.25) is 5.91 Å². The second-order valence-corrected chi connectivity index (χ2v) is 7.48. The zero-order chi connectivity index (χ0) is 18.4. The summed E-state index contributed by atoms with van der Waals surface area (Å²) in [6, 6.07) is 13.8. The monoisotopic (exact) mass is 372 g/mol. The topological polar surface area (TPSA) is 45.5 Å². The molecule has 0 aliphatic rings. The zero-order valence-electron chi connectivity index (χ0n) is 14.6. The molecule has 1 amide bonds. The molecule has 3 rings (SSSR count). The Balaban J connectivity index is 1.57. The molecule has 0 aliphatic carbocycles. The number of rotatable bonds is 8. The van der Waals surface area contributed by atoms with E-state index in [1.54, 1.807) is 29.7 Å². The van der Waals surface area contributed by atoms with Crippen molar-refractivity contribution in [2.24, 2.45) is 0 Å². The fraction of sp³-hybridized carbons (Fsp3) is 0.250. The predicted octanol–water partition coefficient (Wildman–Crippen LogP) is 4.82. The summed E-state index contributed by atoms with van der Waals surface area (Å²) in [5.41, 5.74) is 0.600. The summed E-state index contributed by atoms with van der Waals surface area (Å²) in [4.78, 5) is 16.9. The summed E-state index contributed by atoms with van der Waals surface area (Å²) in [5.74, 6) is 0.458. The first-order valence-corrected chi connectivity index (χ1v) is 9.25. The number of nitrogens with one attached hydrogen (secondary N) is 1. The maximum absolute atomic E-state index is 12.9. The number of benzene rings is 1. The molecule has 3 aromatic rings. The van der Waals surface area contributed by atoms with Crippen molar-refractivity contribution >= 4 is 22.9 Å². The quantitative estimate of drug-likeness (QED) is 0.617. The normalized spacial score (nSPS) is 11.0. The number of nitrogens with zero attached hydrogens (tertiary/aromatic N) is 1. The fourth-order valence-corrected chi connectivity index (χ4v) is 3.58. The minimum Gasteiger partial charge on any atom is -0.468 e. The number of hydrogen-bond donors (Lipinski definition) is 1. The van der Waals surface area contributed by atoms with Crippen LogP contribution in [0.5, 0.6) is 0 Å². The molecule has 2 heterocycles. The second kappa shape index (κ2) is 8.78. The number of carbonyl (C=O) groups is 1. The molecule has 1 N–H and O–H groups in total. The van der Waals surface area contributed by atoms with Crippen LogP contribution in [0, 0.1) is 12.7 Å². The molecule has 0 saturated carbocycles. The standard InChI is InChI=1S/C20H21FN2O2S/c1-15-4-9-19(26-15)14-23(13-18-3-2-12-25-18)11-10-20(24)22-17-7-5-16(21)6-8-17/h2-9,12H,10-11,13-14H2,1H3,(H,22,24). The number of amides is 1. The highest BCUT2D eigenvalue weighted by Crippen LogP contribution is 2.19. The lowest BCUT2D eigenvalue weighted by molar-refractivity contribution is -0.116. The molecule has 0 spiro atoms. The van der Waals surface area contributed by atoms with E-state index in [2.05, 4.69) is 29.3 Å². The van der Waals surface area contributed by atoms with E-state index in [4.69, 9.17) is 4.42 Å². The van der Waals surface area contributed by atoms with Gasteiger partial charge in [-0.05, 0) is 55.5 Å². The lowest BCUT2D eigenvalue weighted by atomic mass is 10.2. The maximum atomic E-state index is 12.9. The van der Waals surface area contributed by atoms with Crippen LogP contribution < -0.4 is 5.32 Å². The summed E-state index contributed by atoms with van der Waals surface area (Å²) >= 11 is 1.76. The molecule has 0 saturated heterocycles. The summed E-state index contributed by atoms with van der Waals surface area (Å²) in [6.07, 6.45) is 2.01. The predicted molar refractivity (Wildman–Crippen MR) is 102 cm³/mol. The van der Waals surface area contributed by atoms with Crippen molar-refractivity contribution in [1.29, 1.82) is 0 Å². The van der Waals surface area contributed by atoms with Crippen LogP contribution in [-0.2, 0) is 17.9 Å². The summed E-state index contributed by atoms with van der Waals surface area (Å²) < 4.78 is 18.4. The number of furan rings is 1. The SMILES string of the molecule is Cc1ccc(CN(CCC(=O)Nc2ccc(F)cc2)Cc2ccco2)s1. The van der Waals surface area contributed by atoms with Gasteiger partial charge in [0.15, 0.2) is 0 Å². The molecule has 0 bridgehead atoms. The highest BCUT2D eigenvalue weighted by atomic mass is 32.1. The second-order valence-electron chi connectivity index (χ2n) is 6.11. The number of halogens is 1. The molecule has 6 heteroatoms. The zero-order valence-corrected chi connectivity index (χ0v) is 15.4. The molecule has 1 aromatic carbocycles. The van der Waals surface area contributed by atoms with Crippen molar-refractivity contribution < 1.29 is 13.6 Å². The molecule has 0 unspecified atom stereocenters. The first-order valence-electron chi connectivity index (χ1n) is 8.44. The largest absolute Gasteiger partial charge is 0.468 e. The van der Waals surface area contributed by atoms with Crippen LogP contribution in [-0.4, -0.2) is 17.4 Å². The van der Waals surface area contributed by atoms with Gasteiger partial charge in [-0.2, -0.15) is 0 Å². The molecule has 0 radical (unpaired) electrons. The van der Waals surface area contributed by atoms with Crippen molar-refractivity contribution in [3.05, 3.63) is 76.1 Å². The van der Waals surface area contributed by atoms with Gasteiger partial charge in [0.05, 0.1) is 12.8 Å². The van der Waals surface area contributed by atoms with E-state index < -0.39 is 0 Å². The van der Waals surface area contributed by atoms with E-state index in [0.29, 0.717) is 25.2 Å². The van der Waals surface area contributed by atoms with E-state index in [1.165, 1.54) is 21.9 Å². The number of anilines is 1. The van der Waals surface area contributed by atoms with Crippen LogP contribution >= 0.6 is 11.3 Å². The molecule has 136 valence electrons. The molecule has 0 fully saturated rings. The van der Waals surface area contributed by atoms with Crippen LogP contribution in [0.25, 0.3) is 0 Å². The van der Waals surface area contributed by atoms with E-state index in [0.717, 1.165) is 12.3 Å². The molecule has 0 aliphatic heterocycles. The van der Waals surface area contributed by atoms with Gasteiger partial charge >= 0.3 is 0 Å². The molecule has 2 aromatic heterocycles. The number of aryl methyl sites for hydroxylation is 1. The maximum Gasteiger partial charge on any atom is 0.225 e. The van der Waals surface area contributed by atoms with Crippen LogP contribution in [0.3, 0.4) is 0 Å². The van der Waals surface area contributed by atoms with Gasteiger partial charge in [-0.3, -0.25) is 9.69 Å². The van der Waals surface area contributed by atoms with Gasteiger partial charge in [0, 0.05) is 35.0 Å². The first kappa shape index (κ1) is 18.4. The third-order valence-corrected chi connectivity index (χ3v) is 4.90. The van der Waals surface area contributed by atoms with Crippen molar-refractivity contribution in [2.45, 2.75) is 26.4 Å². The van der Waals surface area contributed by atoms with Gasteiger partial charge in [-0.15, -0.1) is 11.3 Å². The minimum atomic E-state index is -0.320. The van der Waals surface area contributed by atoms with E-state index in [9.17, 15) is 9.18 Å². The lowest BCUT2D eigenvalue weighted by Crippen LogP contribution is -2.27. The Morgan fingerprint density at radius 1 is 1.15 bits per heavy atom. The van der Waals surface area contributed by atoms with Crippen LogP contribution in [0.2, 0.25) is 0 Å². The Hall–Kier alpha value is -2.44. The van der Waals surface area contributed by atoms with Gasteiger partial charge in [0.25, 0.3) is 0 Å². The molecule has 0 atom stereocenters. The Morgan fingerprint density at radius 3 is 2.62 bits per heavy atom. The summed E-state index contributed by atoms with van der Waals surface area (Å²) in [7, 11) is 0. The average molecular weight is 372 g/mol. The van der Waals surface area contributed by atoms with Gasteiger partial charge in [-0.25, -0.2) is 4.39 Å². The smallest absolute Gasteiger partial charge is 0.225 e. The average Bonchev–Trinajstić information content (AvgIpc) is 3.27. The summed E-state index contributed by atoms with van der Waals surface area (Å²) in [6.45, 7) is 4.10. The Kier molecular flexibility index (Phi) is 6.20. The van der Waals surface area contributed by atoms with Crippen molar-refractivity contribution in [3.63, 3.8) is 0 Å². The van der Waals surface area contributed by atoms with Crippen LogP contribution in [0.15, 0.2) is 59.2 Å². The minimum absolute atomic E-state index is 0.0941. The third kappa shape index (κ3) is 5.54. The van der Waals surface area contributed by atoms with E-state index in [1.807, 2.05) is 12.1 Å². The van der Waals surface area contributed by atoms with Crippen molar-refractivity contribution in [2.75, 3.05) is 11.9 Å². The van der Waals surface area contributed by atoms with Gasteiger partial charge in [-0.1, -0.05) is 0 Å². The highest BCUT2D eigenvalue weighted by molar-refractivity contribution is 7.11. The molecule has 26 heavy (non-hydrogen) atoms.